The van der Waals surface area contributed by atoms with Gasteiger partial charge in [0.1, 0.15) is 34.5 Å². The minimum atomic E-state index is -1.73. The van der Waals surface area contributed by atoms with Gasteiger partial charge in [-0.3, -0.25) is 0 Å². The number of phenolic OH excluding ortho intramolecular Hbond substituents is 6. The van der Waals surface area contributed by atoms with Gasteiger partial charge in [-0.15, -0.1) is 0 Å². The predicted octanol–water partition coefficient (Wildman–Crippen LogP) is 9.14. The van der Waals surface area contributed by atoms with Crippen LogP contribution in [0.15, 0.2) is 115 Å². The van der Waals surface area contributed by atoms with Crippen LogP contribution in [0, 0.1) is 0 Å². The molecule has 0 aliphatic rings. The van der Waals surface area contributed by atoms with Crippen LogP contribution in [-0.4, -0.2) is 40.2 Å². The van der Waals surface area contributed by atoms with Crippen LogP contribution in [0.25, 0.3) is 55.0 Å². The average Bonchev–Trinajstić information content (AvgIpc) is 3.67. The SMILES string of the molecule is Oc1ccc(CCn2c(C(F)c3ccc(O)cc3)c(-c3ccc(O)cc3)c3c4c([nH]c5c(O)cccc54)c(O)c(-c4ccc(O)cc4)c32)cc1. The number of H-pyrrole nitrogens is 1. The van der Waals surface area contributed by atoms with Crippen molar-refractivity contribution in [3.05, 3.63) is 132 Å². The zero-order valence-electron chi connectivity index (χ0n) is 26.5. The zero-order valence-corrected chi connectivity index (χ0v) is 26.5. The monoisotopic (exact) mass is 666 g/mol. The molecule has 9 heteroatoms. The van der Waals surface area contributed by atoms with Gasteiger partial charge in [0.15, 0.2) is 6.17 Å². The van der Waals surface area contributed by atoms with Crippen molar-refractivity contribution in [2.24, 2.45) is 0 Å². The van der Waals surface area contributed by atoms with Crippen molar-refractivity contribution in [2.45, 2.75) is 19.1 Å². The maximum absolute atomic E-state index is 17.6. The molecule has 50 heavy (non-hydrogen) atoms. The lowest BCUT2D eigenvalue weighted by atomic mass is 9.92. The van der Waals surface area contributed by atoms with E-state index < -0.39 is 6.17 Å². The number of hydrogen-bond donors (Lipinski definition) is 7. The summed E-state index contributed by atoms with van der Waals surface area (Å²) >= 11 is 0. The number of alkyl halides is 1. The van der Waals surface area contributed by atoms with Crippen molar-refractivity contribution in [3.63, 3.8) is 0 Å². The molecule has 0 spiro atoms. The average molecular weight is 667 g/mol. The summed E-state index contributed by atoms with van der Waals surface area (Å²) in [5.41, 5.74) is 4.75. The highest BCUT2D eigenvalue weighted by Crippen LogP contribution is 2.53. The van der Waals surface area contributed by atoms with Gasteiger partial charge in [0.25, 0.3) is 0 Å². The zero-order chi connectivity index (χ0) is 34.7. The molecule has 8 nitrogen and oxygen atoms in total. The van der Waals surface area contributed by atoms with Crippen LogP contribution in [0.4, 0.5) is 4.39 Å². The molecule has 0 bridgehead atoms. The van der Waals surface area contributed by atoms with Gasteiger partial charge in [0.2, 0.25) is 0 Å². The van der Waals surface area contributed by atoms with E-state index in [-0.39, 0.29) is 46.7 Å². The fourth-order valence-electron chi connectivity index (χ4n) is 7.04. The van der Waals surface area contributed by atoms with E-state index in [2.05, 4.69) is 4.98 Å². The van der Waals surface area contributed by atoms with Crippen LogP contribution in [-0.2, 0) is 13.0 Å². The third kappa shape index (κ3) is 4.98. The number of aromatic amines is 1. The van der Waals surface area contributed by atoms with E-state index in [4.69, 9.17) is 0 Å². The Bertz CT molecular complexity index is 2540. The molecule has 0 aliphatic carbocycles. The lowest BCUT2D eigenvalue weighted by Gasteiger charge is -2.18. The Balaban J connectivity index is 1.59. The molecule has 8 rings (SSSR count). The van der Waals surface area contributed by atoms with E-state index in [1.54, 1.807) is 60.7 Å². The summed E-state index contributed by atoms with van der Waals surface area (Å²) in [6.45, 7) is 0.247. The number of nitrogens with zero attached hydrogens (tertiary/aromatic N) is 1. The van der Waals surface area contributed by atoms with Crippen molar-refractivity contribution in [1.29, 1.82) is 0 Å². The van der Waals surface area contributed by atoms with Gasteiger partial charge in [-0.25, -0.2) is 4.39 Å². The minimum Gasteiger partial charge on any atom is -0.508 e. The van der Waals surface area contributed by atoms with Crippen LogP contribution >= 0.6 is 0 Å². The highest BCUT2D eigenvalue weighted by molar-refractivity contribution is 6.29. The highest BCUT2D eigenvalue weighted by atomic mass is 19.1. The van der Waals surface area contributed by atoms with E-state index in [9.17, 15) is 30.6 Å². The number of nitrogens with one attached hydrogen (secondary N) is 1. The number of para-hydroxylation sites is 1. The number of aromatic nitrogens is 2. The molecule has 0 radical (unpaired) electrons. The number of phenols is 6. The second-order valence-electron chi connectivity index (χ2n) is 12.4. The Morgan fingerprint density at radius 3 is 1.72 bits per heavy atom. The van der Waals surface area contributed by atoms with Crippen LogP contribution < -0.4 is 0 Å². The van der Waals surface area contributed by atoms with Crippen LogP contribution in [0.1, 0.15) is 23.0 Å². The first-order valence-electron chi connectivity index (χ1n) is 16.0. The first-order chi connectivity index (χ1) is 24.2. The lowest BCUT2D eigenvalue weighted by Crippen LogP contribution is -2.10. The van der Waals surface area contributed by atoms with Crippen molar-refractivity contribution < 1.29 is 35.0 Å². The standard InChI is InChI=1S/C41H31FN2O6/c42-36(25-10-18-29(48)19-11-25)40-32(23-6-14-27(46)15-7-23)35-34-30-2-1-3-31(49)37(30)43-38(34)41(50)33(24-8-16-28(47)17-9-24)39(35)44(40)21-20-22-4-12-26(45)13-5-22/h1-19,36,43,45-50H,20-21H2. The number of aromatic hydroxyl groups is 6. The molecule has 2 heterocycles. The summed E-state index contributed by atoms with van der Waals surface area (Å²) < 4.78 is 19.4. The van der Waals surface area contributed by atoms with E-state index in [1.165, 1.54) is 48.5 Å². The molecule has 1 atom stereocenters. The summed E-state index contributed by atoms with van der Waals surface area (Å²) in [6.07, 6.45) is -1.30. The van der Waals surface area contributed by atoms with Gasteiger partial charge in [-0.05, 0) is 83.3 Å². The number of rotatable bonds is 7. The van der Waals surface area contributed by atoms with Gasteiger partial charge in [-0.2, -0.15) is 0 Å². The first kappa shape index (κ1) is 30.7. The summed E-state index contributed by atoms with van der Waals surface area (Å²) in [4.78, 5) is 3.23. The van der Waals surface area contributed by atoms with Gasteiger partial charge in [-0.1, -0.05) is 60.7 Å². The fraction of sp³-hybridized carbons (Fsp3) is 0.0732. The third-order valence-corrected chi connectivity index (χ3v) is 9.37. The number of halogens is 1. The molecule has 0 aliphatic heterocycles. The Kier molecular flexibility index (Phi) is 7.26. The van der Waals surface area contributed by atoms with Crippen LogP contribution in [0.3, 0.4) is 0 Å². The van der Waals surface area contributed by atoms with Gasteiger partial charge in [0.05, 0.1) is 27.8 Å². The molecule has 248 valence electrons. The number of benzene rings is 6. The second-order valence-corrected chi connectivity index (χ2v) is 12.4. The summed E-state index contributed by atoms with van der Waals surface area (Å²) in [7, 11) is 0. The Hall–Kier alpha value is -6.61. The fourth-order valence-corrected chi connectivity index (χ4v) is 7.04. The van der Waals surface area contributed by atoms with Crippen molar-refractivity contribution in [2.75, 3.05) is 0 Å². The first-order valence-corrected chi connectivity index (χ1v) is 16.0. The van der Waals surface area contributed by atoms with E-state index in [0.717, 1.165) is 5.56 Å². The molecule has 0 saturated heterocycles. The van der Waals surface area contributed by atoms with Crippen molar-refractivity contribution in [1.82, 2.24) is 9.55 Å². The molecule has 1 unspecified atom stereocenters. The summed E-state index contributed by atoms with van der Waals surface area (Å²) in [5.74, 6) is 0.0318. The van der Waals surface area contributed by atoms with Crippen molar-refractivity contribution in [3.8, 4) is 56.8 Å². The van der Waals surface area contributed by atoms with Crippen LogP contribution in [0.2, 0.25) is 0 Å². The number of hydrogen-bond acceptors (Lipinski definition) is 6. The quantitative estimate of drug-likeness (QED) is 0.0905. The summed E-state index contributed by atoms with van der Waals surface area (Å²) in [6, 6.07) is 30.7. The van der Waals surface area contributed by atoms with Crippen molar-refractivity contribution >= 4 is 32.7 Å². The Labute approximate surface area is 284 Å². The second kappa shape index (κ2) is 11.8. The molecular formula is C41H31FN2O6. The summed E-state index contributed by atoms with van der Waals surface area (Å²) in [5, 5.41) is 65.4. The maximum Gasteiger partial charge on any atom is 0.166 e. The van der Waals surface area contributed by atoms with Crippen LogP contribution in [0.5, 0.6) is 34.5 Å². The topological polar surface area (TPSA) is 142 Å². The normalized spacial score (nSPS) is 12.3. The molecule has 0 amide bonds. The number of aryl methyl sites for hydroxylation is 2. The predicted molar refractivity (Wildman–Crippen MR) is 192 cm³/mol. The molecule has 0 fully saturated rings. The van der Waals surface area contributed by atoms with Gasteiger partial charge >= 0.3 is 0 Å². The lowest BCUT2D eigenvalue weighted by molar-refractivity contribution is 0.381. The Morgan fingerprint density at radius 1 is 0.580 bits per heavy atom. The van der Waals surface area contributed by atoms with E-state index in [1.807, 2.05) is 10.6 Å². The van der Waals surface area contributed by atoms with E-state index >= 15 is 4.39 Å². The molecular weight excluding hydrogens is 635 g/mol. The molecule has 8 aromatic rings. The van der Waals surface area contributed by atoms with Gasteiger partial charge < -0.3 is 40.2 Å². The molecule has 0 saturated carbocycles. The van der Waals surface area contributed by atoms with E-state index in [0.29, 0.717) is 66.9 Å². The third-order valence-electron chi connectivity index (χ3n) is 9.37. The van der Waals surface area contributed by atoms with Gasteiger partial charge in [0, 0.05) is 28.3 Å². The Morgan fingerprint density at radius 2 is 1.12 bits per heavy atom. The maximum atomic E-state index is 17.6. The molecule has 7 N–H and O–H groups in total. The largest absolute Gasteiger partial charge is 0.508 e. The molecule has 6 aromatic carbocycles. The smallest absolute Gasteiger partial charge is 0.166 e. The minimum absolute atomic E-state index is 0.00701. The molecule has 2 aromatic heterocycles. The highest BCUT2D eigenvalue weighted by Gasteiger charge is 2.32. The number of fused-ring (bicyclic) bond motifs is 5.